The number of thiol groups is 2. The van der Waals surface area contributed by atoms with Crippen LogP contribution in [0.25, 0.3) is 0 Å². The summed E-state index contributed by atoms with van der Waals surface area (Å²) in [6.45, 7) is 0. The van der Waals surface area contributed by atoms with Gasteiger partial charge in [0.1, 0.15) is 0 Å². The van der Waals surface area contributed by atoms with Crippen molar-refractivity contribution in [3.05, 3.63) is 12.1 Å². The van der Waals surface area contributed by atoms with Crippen molar-refractivity contribution >= 4 is 36.6 Å². The van der Waals surface area contributed by atoms with Crippen LogP contribution >= 0.6 is 36.6 Å². The molecular weight excluding hydrogens is 144 g/mol. The van der Waals surface area contributed by atoms with Gasteiger partial charge in [0.15, 0.2) is 0 Å². The maximum atomic E-state index is 4.07. The fourth-order valence-electron chi connectivity index (χ4n) is 0.318. The summed E-state index contributed by atoms with van der Waals surface area (Å²) in [6.07, 6.45) is 0. The summed E-state index contributed by atoms with van der Waals surface area (Å²) in [6, 6.07) is 3.85. The largest absolute Gasteiger partial charge is 0.133 e. The Morgan fingerprint density at radius 2 is 1.57 bits per heavy atom. The first kappa shape index (κ1) is 5.54. The number of rotatable bonds is 0. The molecule has 1 aromatic heterocycles. The van der Waals surface area contributed by atoms with Crippen molar-refractivity contribution in [1.29, 1.82) is 0 Å². The van der Waals surface area contributed by atoms with E-state index in [1.165, 1.54) is 0 Å². The van der Waals surface area contributed by atoms with E-state index in [4.69, 9.17) is 0 Å². The average molecular weight is 148 g/mol. The molecule has 7 heavy (non-hydrogen) atoms. The van der Waals surface area contributed by atoms with Gasteiger partial charge in [-0.2, -0.15) is 0 Å². The third-order valence-corrected chi connectivity index (χ3v) is 2.11. The zero-order valence-corrected chi connectivity index (χ0v) is 6.06. The smallest absolute Gasteiger partial charge is 0.0579 e. The maximum Gasteiger partial charge on any atom is 0.0579 e. The van der Waals surface area contributed by atoms with Gasteiger partial charge < -0.3 is 0 Å². The molecule has 0 unspecified atom stereocenters. The second kappa shape index (κ2) is 2.11. The summed E-state index contributed by atoms with van der Waals surface area (Å²) in [5, 5.41) is 0. The van der Waals surface area contributed by atoms with E-state index < -0.39 is 0 Å². The lowest BCUT2D eigenvalue weighted by Gasteiger charge is -1.70. The van der Waals surface area contributed by atoms with E-state index in [-0.39, 0.29) is 0 Å². The Morgan fingerprint density at radius 3 is 1.71 bits per heavy atom. The van der Waals surface area contributed by atoms with Gasteiger partial charge in [-0.1, -0.05) is 0 Å². The van der Waals surface area contributed by atoms with Gasteiger partial charge in [0.05, 0.1) is 8.42 Å². The van der Waals surface area contributed by atoms with Gasteiger partial charge in [0, 0.05) is 0 Å². The molecule has 0 spiro atoms. The molecule has 38 valence electrons. The summed E-state index contributed by atoms with van der Waals surface area (Å²) < 4.78 is 2.04. The molecule has 3 heteroatoms. The average Bonchev–Trinajstić information content (AvgIpc) is 1.87. The van der Waals surface area contributed by atoms with Gasteiger partial charge in [0.2, 0.25) is 0 Å². The molecule has 0 N–H and O–H groups in total. The third kappa shape index (κ3) is 1.40. The first-order chi connectivity index (χ1) is 3.29. The normalized spacial score (nSPS) is 9.43. The van der Waals surface area contributed by atoms with Crippen molar-refractivity contribution in [3.8, 4) is 0 Å². The van der Waals surface area contributed by atoms with Crippen molar-refractivity contribution < 1.29 is 0 Å². The van der Waals surface area contributed by atoms with Crippen molar-refractivity contribution in [1.82, 2.24) is 0 Å². The number of hydrogen-bond acceptors (Lipinski definition) is 3. The molecule has 0 aliphatic heterocycles. The molecule has 0 aromatic carbocycles. The highest BCUT2D eigenvalue weighted by Gasteiger charge is 1.86. The first-order valence-electron chi connectivity index (χ1n) is 1.77. The van der Waals surface area contributed by atoms with E-state index in [9.17, 15) is 0 Å². The minimum atomic E-state index is 1.02. The first-order valence-corrected chi connectivity index (χ1v) is 3.48. The fourth-order valence-corrected chi connectivity index (χ4v) is 1.76. The van der Waals surface area contributed by atoms with Crippen molar-refractivity contribution in [2.45, 2.75) is 8.42 Å². The summed E-state index contributed by atoms with van der Waals surface area (Å²) in [7, 11) is 0. The van der Waals surface area contributed by atoms with Gasteiger partial charge in [-0.25, -0.2) is 0 Å². The molecule has 0 nitrogen and oxygen atoms in total. The number of thiophene rings is 1. The molecule has 0 amide bonds. The van der Waals surface area contributed by atoms with Gasteiger partial charge in [-0.05, 0) is 12.1 Å². The molecule has 0 saturated heterocycles. The summed E-state index contributed by atoms with van der Waals surface area (Å²) in [4.78, 5) is 0. The third-order valence-electron chi connectivity index (χ3n) is 0.578. The lowest BCUT2D eigenvalue weighted by Crippen LogP contribution is -1.32. The van der Waals surface area contributed by atoms with Crippen LogP contribution in [0.5, 0.6) is 0 Å². The Balaban J connectivity index is 3.04. The van der Waals surface area contributed by atoms with E-state index in [2.05, 4.69) is 25.3 Å². The van der Waals surface area contributed by atoms with E-state index >= 15 is 0 Å². The lowest BCUT2D eigenvalue weighted by molar-refractivity contribution is 1.70. The minimum Gasteiger partial charge on any atom is -0.133 e. The Kier molecular flexibility index (Phi) is 1.67. The molecule has 0 saturated carbocycles. The molecule has 0 aliphatic carbocycles. The standard InChI is InChI=1S/C4H4S3/c5-3-1-2-4(6)7-3/h1-2,5-6H. The Morgan fingerprint density at radius 1 is 1.14 bits per heavy atom. The minimum absolute atomic E-state index is 1.02. The van der Waals surface area contributed by atoms with Gasteiger partial charge in [0.25, 0.3) is 0 Å². The van der Waals surface area contributed by atoms with Crippen LogP contribution in [-0.2, 0) is 0 Å². The molecule has 0 radical (unpaired) electrons. The zero-order chi connectivity index (χ0) is 5.28. The van der Waals surface area contributed by atoms with E-state index in [0.717, 1.165) is 8.42 Å². The van der Waals surface area contributed by atoms with Gasteiger partial charge in [-0.15, -0.1) is 36.6 Å². The molecule has 0 bridgehead atoms. The Bertz CT molecular complexity index is 139. The predicted molar refractivity (Wildman–Crippen MR) is 38.8 cm³/mol. The second-order valence-electron chi connectivity index (χ2n) is 1.11. The molecule has 1 rings (SSSR count). The second-order valence-corrected chi connectivity index (χ2v) is 3.76. The van der Waals surface area contributed by atoms with Crippen LogP contribution in [-0.4, -0.2) is 0 Å². The predicted octanol–water partition coefficient (Wildman–Crippen LogP) is 2.33. The zero-order valence-electron chi connectivity index (χ0n) is 3.46. The van der Waals surface area contributed by atoms with Crippen molar-refractivity contribution in [3.63, 3.8) is 0 Å². The highest BCUT2D eigenvalue weighted by Crippen LogP contribution is 2.21. The van der Waals surface area contributed by atoms with Crippen LogP contribution < -0.4 is 0 Å². The SMILES string of the molecule is Sc1ccc(S)s1. The molecule has 0 fully saturated rings. The van der Waals surface area contributed by atoms with Crippen LogP contribution in [0.15, 0.2) is 20.6 Å². The molecule has 1 aromatic rings. The van der Waals surface area contributed by atoms with Crippen molar-refractivity contribution in [2.24, 2.45) is 0 Å². The number of hydrogen-bond donors (Lipinski definition) is 2. The van der Waals surface area contributed by atoms with E-state index in [1.807, 2.05) is 12.1 Å². The molecule has 0 aliphatic rings. The highest BCUT2D eigenvalue weighted by molar-refractivity contribution is 7.85. The monoisotopic (exact) mass is 148 g/mol. The fraction of sp³-hybridized carbons (Fsp3) is 0. The highest BCUT2D eigenvalue weighted by atomic mass is 32.2. The van der Waals surface area contributed by atoms with E-state index in [1.54, 1.807) is 11.3 Å². The van der Waals surface area contributed by atoms with Crippen LogP contribution in [0, 0.1) is 0 Å². The topological polar surface area (TPSA) is 0 Å². The Hall–Kier alpha value is 0.400. The molecule has 1 heterocycles. The van der Waals surface area contributed by atoms with E-state index in [0.29, 0.717) is 0 Å². The van der Waals surface area contributed by atoms with Gasteiger partial charge >= 0.3 is 0 Å². The quantitative estimate of drug-likeness (QED) is 0.518. The van der Waals surface area contributed by atoms with Gasteiger partial charge in [-0.3, -0.25) is 0 Å². The summed E-state index contributed by atoms with van der Waals surface area (Å²) in [5.41, 5.74) is 0. The maximum absolute atomic E-state index is 4.07. The molecule has 0 atom stereocenters. The van der Waals surface area contributed by atoms with Crippen LogP contribution in [0.4, 0.5) is 0 Å². The van der Waals surface area contributed by atoms with Crippen molar-refractivity contribution in [2.75, 3.05) is 0 Å². The van der Waals surface area contributed by atoms with Crippen LogP contribution in [0.2, 0.25) is 0 Å². The summed E-state index contributed by atoms with van der Waals surface area (Å²) >= 11 is 9.72. The summed E-state index contributed by atoms with van der Waals surface area (Å²) in [5.74, 6) is 0. The Labute approximate surface area is 57.4 Å². The van der Waals surface area contributed by atoms with Crippen LogP contribution in [0.1, 0.15) is 0 Å². The molecular formula is C4H4S3. The van der Waals surface area contributed by atoms with Crippen LogP contribution in [0.3, 0.4) is 0 Å². The lowest BCUT2D eigenvalue weighted by atomic mass is 10.7.